The standard InChI is InChI=1S/C19H23N3O6S2/c1-21(9-4-11-28-16-5-3-6-17(13-16)29(2,24)25)19(23)15-7-8-18-20-30(26,27)12-10-22(18)14-15/h3,5-8,13-14H,4,9-12H2,1-2H3. The van der Waals surface area contributed by atoms with Gasteiger partial charge < -0.3 is 14.5 Å². The second-order valence-corrected chi connectivity index (χ2v) is 10.8. The fourth-order valence-corrected chi connectivity index (χ4v) is 4.56. The molecule has 0 unspecified atom stereocenters. The molecular weight excluding hydrogens is 430 g/mol. The summed E-state index contributed by atoms with van der Waals surface area (Å²) in [4.78, 5) is 16.0. The van der Waals surface area contributed by atoms with Crippen LogP contribution >= 0.6 is 0 Å². The van der Waals surface area contributed by atoms with E-state index in [4.69, 9.17) is 4.74 Å². The molecule has 0 radical (unpaired) electrons. The number of hydrogen-bond acceptors (Lipinski definition) is 7. The number of likely N-dealkylation sites (N-methyl/N-ethyl adjacent to an activating group) is 1. The zero-order chi connectivity index (χ0) is 21.9. The minimum atomic E-state index is -3.43. The molecule has 2 aliphatic heterocycles. The highest BCUT2D eigenvalue weighted by Crippen LogP contribution is 2.18. The summed E-state index contributed by atoms with van der Waals surface area (Å²) in [6.45, 7) is 1.01. The summed E-state index contributed by atoms with van der Waals surface area (Å²) in [6.07, 6.45) is 6.38. The summed E-state index contributed by atoms with van der Waals surface area (Å²) in [6, 6.07) is 6.28. The maximum atomic E-state index is 12.6. The van der Waals surface area contributed by atoms with Crippen LogP contribution in [0.25, 0.3) is 0 Å². The average molecular weight is 454 g/mol. The predicted octanol–water partition coefficient (Wildman–Crippen LogP) is 0.815. The number of carbonyl (C=O) groups excluding carboxylic acids is 1. The molecular formula is C19H23N3O6S2. The number of amides is 1. The van der Waals surface area contributed by atoms with Gasteiger partial charge in [-0.05, 0) is 36.8 Å². The van der Waals surface area contributed by atoms with E-state index in [1.54, 1.807) is 41.3 Å². The van der Waals surface area contributed by atoms with E-state index in [1.807, 2.05) is 0 Å². The number of sulfonamides is 1. The molecule has 0 N–H and O–H groups in total. The Labute approximate surface area is 176 Å². The van der Waals surface area contributed by atoms with Gasteiger partial charge in [0.15, 0.2) is 9.84 Å². The van der Waals surface area contributed by atoms with Crippen molar-refractivity contribution in [3.05, 3.63) is 48.2 Å². The highest BCUT2D eigenvalue weighted by atomic mass is 32.2. The molecule has 0 saturated carbocycles. The van der Waals surface area contributed by atoms with Crippen molar-refractivity contribution in [2.75, 3.05) is 38.8 Å². The SMILES string of the molecule is CN(CCCOc1cccc(S(C)(=O)=O)c1)C(=O)C1=CN2CCS(=O)(=O)N=C2C=C1. The minimum absolute atomic E-state index is 0.0873. The Bertz CT molecular complexity index is 1140. The molecule has 0 aliphatic carbocycles. The van der Waals surface area contributed by atoms with Gasteiger partial charge in [0.2, 0.25) is 0 Å². The molecule has 3 rings (SSSR count). The molecule has 0 spiro atoms. The lowest BCUT2D eigenvalue weighted by Crippen LogP contribution is -2.38. The Balaban J connectivity index is 1.51. The Morgan fingerprint density at radius 1 is 1.30 bits per heavy atom. The molecule has 0 saturated heterocycles. The van der Waals surface area contributed by atoms with E-state index in [1.165, 1.54) is 18.2 Å². The lowest BCUT2D eigenvalue weighted by Gasteiger charge is -2.28. The van der Waals surface area contributed by atoms with E-state index in [-0.39, 0.29) is 23.1 Å². The molecule has 0 aromatic heterocycles. The van der Waals surface area contributed by atoms with E-state index >= 15 is 0 Å². The second-order valence-electron chi connectivity index (χ2n) is 7.02. The lowest BCUT2D eigenvalue weighted by molar-refractivity contribution is -0.125. The number of rotatable bonds is 7. The van der Waals surface area contributed by atoms with Gasteiger partial charge in [0.1, 0.15) is 11.6 Å². The highest BCUT2D eigenvalue weighted by Gasteiger charge is 2.25. The maximum Gasteiger partial charge on any atom is 0.256 e. The molecule has 0 fully saturated rings. The molecule has 11 heteroatoms. The number of benzene rings is 1. The van der Waals surface area contributed by atoms with Crippen LogP contribution in [0.2, 0.25) is 0 Å². The Kier molecular flexibility index (Phi) is 6.32. The van der Waals surface area contributed by atoms with Crippen molar-refractivity contribution in [1.82, 2.24) is 9.80 Å². The van der Waals surface area contributed by atoms with Crippen LogP contribution in [0.5, 0.6) is 5.75 Å². The summed E-state index contributed by atoms with van der Waals surface area (Å²) in [5.41, 5.74) is 0.442. The van der Waals surface area contributed by atoms with E-state index in [9.17, 15) is 21.6 Å². The van der Waals surface area contributed by atoms with Gasteiger partial charge in [0.25, 0.3) is 15.9 Å². The van der Waals surface area contributed by atoms with Gasteiger partial charge >= 0.3 is 0 Å². The molecule has 0 bridgehead atoms. The monoisotopic (exact) mass is 453 g/mol. The first-order chi connectivity index (χ1) is 14.0. The number of ether oxygens (including phenoxy) is 1. The molecule has 1 aromatic rings. The van der Waals surface area contributed by atoms with Gasteiger partial charge in [0.05, 0.1) is 22.8 Å². The number of nitrogens with zero attached hydrogens (tertiary/aromatic N) is 3. The number of fused-ring (bicyclic) bond motifs is 1. The topological polar surface area (TPSA) is 113 Å². The van der Waals surface area contributed by atoms with Gasteiger partial charge in [-0.2, -0.15) is 0 Å². The van der Waals surface area contributed by atoms with Crippen LogP contribution in [0.4, 0.5) is 0 Å². The van der Waals surface area contributed by atoms with Crippen LogP contribution in [0, 0.1) is 0 Å². The summed E-state index contributed by atoms with van der Waals surface area (Å²) in [5, 5.41) is 0. The summed E-state index contributed by atoms with van der Waals surface area (Å²) in [5.74, 6) is 0.482. The Morgan fingerprint density at radius 3 is 2.80 bits per heavy atom. The van der Waals surface area contributed by atoms with Crippen molar-refractivity contribution >= 4 is 31.6 Å². The molecule has 9 nitrogen and oxygen atoms in total. The quantitative estimate of drug-likeness (QED) is 0.562. The second kappa shape index (κ2) is 8.60. The van der Waals surface area contributed by atoms with Crippen LogP contribution in [0.1, 0.15) is 6.42 Å². The highest BCUT2D eigenvalue weighted by molar-refractivity contribution is 7.90. The number of sulfone groups is 1. The molecule has 2 heterocycles. The predicted molar refractivity (Wildman–Crippen MR) is 112 cm³/mol. The van der Waals surface area contributed by atoms with Crippen LogP contribution in [-0.2, 0) is 24.7 Å². The average Bonchev–Trinajstić information content (AvgIpc) is 2.69. The summed E-state index contributed by atoms with van der Waals surface area (Å²) < 4.78 is 55.6. The molecule has 1 aromatic carbocycles. The van der Waals surface area contributed by atoms with Gasteiger partial charge in [-0.15, -0.1) is 4.40 Å². The smallest absolute Gasteiger partial charge is 0.256 e. The van der Waals surface area contributed by atoms with Crippen molar-refractivity contribution in [2.24, 2.45) is 4.40 Å². The van der Waals surface area contributed by atoms with Gasteiger partial charge in [-0.3, -0.25) is 4.79 Å². The number of amidine groups is 1. The van der Waals surface area contributed by atoms with E-state index in [0.717, 1.165) is 6.26 Å². The normalized spacial score (nSPS) is 17.6. The van der Waals surface area contributed by atoms with Gasteiger partial charge in [-0.1, -0.05) is 6.07 Å². The molecule has 162 valence electrons. The first-order valence-corrected chi connectivity index (χ1v) is 12.7. The molecule has 2 aliphatic rings. The van der Waals surface area contributed by atoms with Crippen molar-refractivity contribution in [2.45, 2.75) is 11.3 Å². The fraction of sp³-hybridized carbons (Fsp3) is 0.368. The van der Waals surface area contributed by atoms with Crippen molar-refractivity contribution in [1.29, 1.82) is 0 Å². The molecule has 0 atom stereocenters. The minimum Gasteiger partial charge on any atom is -0.493 e. The zero-order valence-corrected chi connectivity index (χ0v) is 18.3. The van der Waals surface area contributed by atoms with Gasteiger partial charge in [-0.25, -0.2) is 16.8 Å². The van der Waals surface area contributed by atoms with E-state index in [2.05, 4.69) is 4.40 Å². The number of hydrogen-bond donors (Lipinski definition) is 0. The van der Waals surface area contributed by atoms with Crippen LogP contribution in [-0.4, -0.2) is 77.1 Å². The van der Waals surface area contributed by atoms with Gasteiger partial charge in [0, 0.05) is 32.6 Å². The third-order valence-electron chi connectivity index (χ3n) is 4.56. The van der Waals surface area contributed by atoms with E-state index < -0.39 is 19.9 Å². The molecule has 1 amide bonds. The van der Waals surface area contributed by atoms with Crippen molar-refractivity contribution < 1.29 is 26.4 Å². The third kappa shape index (κ3) is 5.48. The first kappa shape index (κ1) is 22.0. The van der Waals surface area contributed by atoms with Crippen molar-refractivity contribution in [3.8, 4) is 5.75 Å². The maximum absolute atomic E-state index is 12.6. The van der Waals surface area contributed by atoms with Crippen LogP contribution < -0.4 is 4.74 Å². The summed E-state index contributed by atoms with van der Waals surface area (Å²) >= 11 is 0. The largest absolute Gasteiger partial charge is 0.493 e. The zero-order valence-electron chi connectivity index (χ0n) is 16.7. The summed E-state index contributed by atoms with van der Waals surface area (Å²) in [7, 11) is -5.06. The third-order valence-corrected chi connectivity index (χ3v) is 6.83. The Hall–Kier alpha value is -2.66. The lowest BCUT2D eigenvalue weighted by atomic mass is 10.1. The van der Waals surface area contributed by atoms with E-state index in [0.29, 0.717) is 36.7 Å². The number of carbonyl (C=O) groups is 1. The first-order valence-electron chi connectivity index (χ1n) is 9.23. The Morgan fingerprint density at radius 2 is 2.07 bits per heavy atom. The fourth-order valence-electron chi connectivity index (χ4n) is 2.94. The van der Waals surface area contributed by atoms with Crippen molar-refractivity contribution in [3.63, 3.8) is 0 Å². The van der Waals surface area contributed by atoms with Crippen LogP contribution in [0.15, 0.2) is 57.5 Å². The molecule has 30 heavy (non-hydrogen) atoms. The van der Waals surface area contributed by atoms with Crippen LogP contribution in [0.3, 0.4) is 0 Å².